The van der Waals surface area contributed by atoms with E-state index >= 15 is 0 Å². The van der Waals surface area contributed by atoms with E-state index in [1.807, 2.05) is 38.1 Å². The van der Waals surface area contributed by atoms with Crippen LogP contribution in [0.3, 0.4) is 0 Å². The summed E-state index contributed by atoms with van der Waals surface area (Å²) >= 11 is 0. The van der Waals surface area contributed by atoms with Gasteiger partial charge in [0, 0.05) is 5.56 Å². The van der Waals surface area contributed by atoms with Crippen molar-refractivity contribution in [2.45, 2.75) is 13.8 Å². The van der Waals surface area contributed by atoms with Crippen molar-refractivity contribution in [3.05, 3.63) is 77.1 Å². The van der Waals surface area contributed by atoms with Gasteiger partial charge in [0.1, 0.15) is 5.82 Å². The average Bonchev–Trinajstić information content (AvgIpc) is 2.53. The van der Waals surface area contributed by atoms with Crippen LogP contribution in [0, 0.1) is 31.5 Å². The number of halogens is 1. The number of rotatable bonds is 1. The first kappa shape index (κ1) is 14.9. The SMILES string of the molecule is Cc1cnnc(C#Cc2ccc(-c3cccc(F)c3)c(C)c2)n1. The molecule has 0 aliphatic rings. The molecule has 23 heavy (non-hydrogen) atoms. The van der Waals surface area contributed by atoms with Gasteiger partial charge in [-0.2, -0.15) is 5.10 Å². The fourth-order valence-electron chi connectivity index (χ4n) is 2.29. The van der Waals surface area contributed by atoms with Crippen LogP contribution in [0.25, 0.3) is 11.1 Å². The highest BCUT2D eigenvalue weighted by atomic mass is 19.1. The minimum absolute atomic E-state index is 0.241. The Morgan fingerprint density at radius 2 is 1.87 bits per heavy atom. The molecule has 0 saturated heterocycles. The van der Waals surface area contributed by atoms with Gasteiger partial charge in [0.2, 0.25) is 5.82 Å². The number of nitrogens with zero attached hydrogens (tertiary/aromatic N) is 3. The average molecular weight is 303 g/mol. The summed E-state index contributed by atoms with van der Waals surface area (Å²) in [6.07, 6.45) is 1.59. The molecule has 3 nitrogen and oxygen atoms in total. The highest BCUT2D eigenvalue weighted by Gasteiger charge is 2.03. The molecule has 3 aromatic rings. The fourth-order valence-corrected chi connectivity index (χ4v) is 2.29. The van der Waals surface area contributed by atoms with Crippen LogP contribution in [0.4, 0.5) is 4.39 Å². The summed E-state index contributed by atoms with van der Waals surface area (Å²) in [6, 6.07) is 12.4. The smallest absolute Gasteiger partial charge is 0.223 e. The molecule has 1 aromatic heterocycles. The minimum Gasteiger partial charge on any atom is -0.223 e. The van der Waals surface area contributed by atoms with Crippen molar-refractivity contribution in [3.8, 4) is 23.0 Å². The molecule has 0 amide bonds. The van der Waals surface area contributed by atoms with Gasteiger partial charge in [-0.15, -0.1) is 5.10 Å². The second kappa shape index (κ2) is 6.37. The van der Waals surface area contributed by atoms with Gasteiger partial charge in [-0.05, 0) is 60.7 Å². The van der Waals surface area contributed by atoms with Crippen molar-refractivity contribution in [2.24, 2.45) is 0 Å². The third-order valence-electron chi connectivity index (χ3n) is 3.36. The van der Waals surface area contributed by atoms with E-state index in [0.29, 0.717) is 5.82 Å². The lowest BCUT2D eigenvalue weighted by Gasteiger charge is -2.06. The lowest BCUT2D eigenvalue weighted by Crippen LogP contribution is -1.94. The molecule has 0 spiro atoms. The van der Waals surface area contributed by atoms with Gasteiger partial charge in [0.25, 0.3) is 0 Å². The molecule has 0 radical (unpaired) electrons. The van der Waals surface area contributed by atoms with Crippen LogP contribution in [-0.4, -0.2) is 15.2 Å². The predicted octanol–water partition coefficient (Wildman–Crippen LogP) is 3.69. The maximum Gasteiger partial charge on any atom is 0.226 e. The van der Waals surface area contributed by atoms with Crippen LogP contribution >= 0.6 is 0 Å². The van der Waals surface area contributed by atoms with E-state index in [2.05, 4.69) is 27.0 Å². The van der Waals surface area contributed by atoms with E-state index in [1.165, 1.54) is 12.1 Å². The lowest BCUT2D eigenvalue weighted by molar-refractivity contribution is 0.628. The zero-order chi connectivity index (χ0) is 16.2. The van der Waals surface area contributed by atoms with Gasteiger partial charge in [0.15, 0.2) is 0 Å². The van der Waals surface area contributed by atoms with E-state index in [-0.39, 0.29) is 5.82 Å². The standard InChI is InChI=1S/C19H14FN3/c1-13-10-15(7-9-19-22-14(2)12-21-23-19)6-8-18(13)16-4-3-5-17(20)11-16/h3-6,8,10-12H,1-2H3. The summed E-state index contributed by atoms with van der Waals surface area (Å²) in [5.74, 6) is 6.09. The van der Waals surface area contributed by atoms with Crippen molar-refractivity contribution in [2.75, 3.05) is 0 Å². The molecule has 0 bridgehead atoms. The third kappa shape index (κ3) is 3.58. The van der Waals surface area contributed by atoms with Crippen LogP contribution < -0.4 is 0 Å². The largest absolute Gasteiger partial charge is 0.226 e. The number of aromatic nitrogens is 3. The first-order valence-corrected chi connectivity index (χ1v) is 7.17. The van der Waals surface area contributed by atoms with E-state index in [0.717, 1.165) is 27.9 Å². The number of benzene rings is 2. The Kier molecular flexibility index (Phi) is 4.11. The molecule has 0 atom stereocenters. The quantitative estimate of drug-likeness (QED) is 0.643. The number of hydrogen-bond donors (Lipinski definition) is 0. The lowest BCUT2D eigenvalue weighted by atomic mass is 9.98. The molecule has 1 heterocycles. The molecular weight excluding hydrogens is 289 g/mol. The van der Waals surface area contributed by atoms with Crippen LogP contribution in [0.2, 0.25) is 0 Å². The maximum atomic E-state index is 13.4. The highest BCUT2D eigenvalue weighted by molar-refractivity contribution is 5.68. The van der Waals surface area contributed by atoms with Crippen LogP contribution in [0.5, 0.6) is 0 Å². The van der Waals surface area contributed by atoms with E-state index < -0.39 is 0 Å². The van der Waals surface area contributed by atoms with Crippen molar-refractivity contribution in [1.29, 1.82) is 0 Å². The van der Waals surface area contributed by atoms with Crippen molar-refractivity contribution >= 4 is 0 Å². The van der Waals surface area contributed by atoms with Gasteiger partial charge in [-0.1, -0.05) is 24.1 Å². The first-order chi connectivity index (χ1) is 11.1. The Hall–Kier alpha value is -3.06. The summed E-state index contributed by atoms with van der Waals surface area (Å²) < 4.78 is 13.4. The molecule has 0 unspecified atom stereocenters. The summed E-state index contributed by atoms with van der Waals surface area (Å²) in [5.41, 5.74) is 4.51. The van der Waals surface area contributed by atoms with Gasteiger partial charge in [-0.25, -0.2) is 9.37 Å². The molecule has 0 fully saturated rings. The van der Waals surface area contributed by atoms with Crippen LogP contribution in [-0.2, 0) is 0 Å². The fraction of sp³-hybridized carbons (Fsp3) is 0.105. The Labute approximate surface area is 134 Å². The monoisotopic (exact) mass is 303 g/mol. The second-order valence-corrected chi connectivity index (χ2v) is 5.21. The second-order valence-electron chi connectivity index (χ2n) is 5.21. The van der Waals surface area contributed by atoms with Crippen molar-refractivity contribution in [1.82, 2.24) is 15.2 Å². The van der Waals surface area contributed by atoms with Gasteiger partial charge in [0.05, 0.1) is 11.9 Å². The summed E-state index contributed by atoms with van der Waals surface area (Å²) in [7, 11) is 0. The van der Waals surface area contributed by atoms with Crippen molar-refractivity contribution < 1.29 is 4.39 Å². The molecule has 0 aliphatic carbocycles. The Balaban J connectivity index is 1.91. The molecule has 0 N–H and O–H groups in total. The maximum absolute atomic E-state index is 13.4. The topological polar surface area (TPSA) is 38.7 Å². The molecule has 112 valence electrons. The molecule has 4 heteroatoms. The number of hydrogen-bond acceptors (Lipinski definition) is 3. The van der Waals surface area contributed by atoms with Crippen LogP contribution in [0.15, 0.2) is 48.7 Å². The normalized spacial score (nSPS) is 10.0. The Morgan fingerprint density at radius 3 is 2.61 bits per heavy atom. The molecule has 3 rings (SSSR count). The molecular formula is C19H14FN3. The van der Waals surface area contributed by atoms with E-state index in [4.69, 9.17) is 0 Å². The van der Waals surface area contributed by atoms with Gasteiger partial charge >= 0.3 is 0 Å². The zero-order valence-corrected chi connectivity index (χ0v) is 12.8. The van der Waals surface area contributed by atoms with Gasteiger partial charge < -0.3 is 0 Å². The summed E-state index contributed by atoms with van der Waals surface area (Å²) in [4.78, 5) is 4.20. The minimum atomic E-state index is -0.241. The molecule has 0 aliphatic heterocycles. The summed E-state index contributed by atoms with van der Waals surface area (Å²) in [5, 5.41) is 7.70. The van der Waals surface area contributed by atoms with Crippen molar-refractivity contribution in [3.63, 3.8) is 0 Å². The number of aryl methyl sites for hydroxylation is 2. The van der Waals surface area contributed by atoms with Gasteiger partial charge in [-0.3, -0.25) is 0 Å². The predicted molar refractivity (Wildman–Crippen MR) is 87.1 cm³/mol. The Morgan fingerprint density at radius 1 is 1.00 bits per heavy atom. The van der Waals surface area contributed by atoms with E-state index in [9.17, 15) is 4.39 Å². The Bertz CT molecular complexity index is 923. The third-order valence-corrected chi connectivity index (χ3v) is 3.36. The van der Waals surface area contributed by atoms with E-state index in [1.54, 1.807) is 12.3 Å². The van der Waals surface area contributed by atoms with Crippen LogP contribution in [0.1, 0.15) is 22.6 Å². The zero-order valence-electron chi connectivity index (χ0n) is 12.8. The highest BCUT2D eigenvalue weighted by Crippen LogP contribution is 2.24. The summed E-state index contributed by atoms with van der Waals surface area (Å²) in [6.45, 7) is 3.83. The molecule has 0 saturated carbocycles. The first-order valence-electron chi connectivity index (χ1n) is 7.17. The molecule has 2 aromatic carbocycles.